The number of nitrogens with zero attached hydrogens (tertiary/aromatic N) is 4. The van der Waals surface area contributed by atoms with Crippen LogP contribution >= 0.6 is 0 Å². The molecule has 31 heavy (non-hydrogen) atoms. The summed E-state index contributed by atoms with van der Waals surface area (Å²) in [6.07, 6.45) is 4.91. The van der Waals surface area contributed by atoms with Crippen molar-refractivity contribution < 1.29 is 18.6 Å². The Hall–Kier alpha value is -3.07. The van der Waals surface area contributed by atoms with Crippen LogP contribution in [0.2, 0.25) is 0 Å². The molecule has 2 saturated heterocycles. The highest BCUT2D eigenvalue weighted by molar-refractivity contribution is 5.68. The van der Waals surface area contributed by atoms with E-state index in [1.54, 1.807) is 49.3 Å². The van der Waals surface area contributed by atoms with E-state index in [9.17, 15) is 9.50 Å². The van der Waals surface area contributed by atoms with Gasteiger partial charge in [0, 0.05) is 36.9 Å². The van der Waals surface area contributed by atoms with Gasteiger partial charge in [-0.05, 0) is 26.0 Å². The number of aromatic hydroxyl groups is 1. The maximum absolute atomic E-state index is 15.1. The molecule has 2 fully saturated rings. The van der Waals surface area contributed by atoms with Crippen molar-refractivity contribution in [2.24, 2.45) is 0 Å². The number of alkyl halides is 2. The summed E-state index contributed by atoms with van der Waals surface area (Å²) in [5.41, 5.74) is -0.0708. The second kappa shape index (κ2) is 6.98. The predicted octanol–water partition coefficient (Wildman–Crippen LogP) is 3.37. The summed E-state index contributed by atoms with van der Waals surface area (Å²) in [6, 6.07) is 5.17. The van der Waals surface area contributed by atoms with Gasteiger partial charge in [-0.15, -0.1) is 0 Å². The fourth-order valence-corrected chi connectivity index (χ4v) is 4.75. The molecular weight excluding hydrogens is 404 g/mol. The van der Waals surface area contributed by atoms with E-state index in [0.717, 1.165) is 5.69 Å². The van der Waals surface area contributed by atoms with Crippen molar-refractivity contribution in [3.05, 3.63) is 49.3 Å². The van der Waals surface area contributed by atoms with Gasteiger partial charge >= 0.3 is 0 Å². The Kier molecular flexibility index (Phi) is 4.47. The highest BCUT2D eigenvalue weighted by atomic mass is 19.1. The van der Waals surface area contributed by atoms with Crippen LogP contribution in [0.15, 0.2) is 49.3 Å². The van der Waals surface area contributed by atoms with Gasteiger partial charge in [-0.1, -0.05) is 0 Å². The average molecular weight is 427 g/mol. The Labute approximate surface area is 178 Å². The third-order valence-corrected chi connectivity index (χ3v) is 6.39. The Morgan fingerprint density at radius 2 is 2.00 bits per heavy atom. The van der Waals surface area contributed by atoms with E-state index < -0.39 is 29.5 Å². The van der Waals surface area contributed by atoms with Gasteiger partial charge < -0.3 is 19.7 Å². The van der Waals surface area contributed by atoms with E-state index in [2.05, 4.69) is 20.3 Å². The lowest BCUT2D eigenvalue weighted by Crippen LogP contribution is -2.64. The summed E-state index contributed by atoms with van der Waals surface area (Å²) in [5, 5.41) is 13.5. The molecule has 2 aliphatic rings. The number of imidazole rings is 1. The zero-order valence-electron chi connectivity index (χ0n) is 17.2. The number of fused-ring (bicyclic) bond motifs is 2. The topological polar surface area (TPSA) is 85.1 Å². The standard InChI is InChI=1S/C22H23F2N5O2/c1-21-8-17(20(24)22(2,28-21)9-18(21)23)31-19-11-26-15(10-27-19)14-4-3-13(7-16(14)30)29-6-5-25-12-29/h3-7,10-12,17-18,20,28,30H,8-9H2,1-2H3/t17-,18+,20+,21+,22+/m1/s1. The van der Waals surface area contributed by atoms with Gasteiger partial charge in [0.25, 0.3) is 0 Å². The molecule has 9 heteroatoms. The van der Waals surface area contributed by atoms with E-state index >= 15 is 4.39 Å². The van der Waals surface area contributed by atoms with Gasteiger partial charge in [0.05, 0.1) is 41.2 Å². The number of hydrogen-bond donors (Lipinski definition) is 2. The van der Waals surface area contributed by atoms with Crippen LogP contribution in [0.1, 0.15) is 26.7 Å². The van der Waals surface area contributed by atoms with Crippen molar-refractivity contribution in [3.63, 3.8) is 0 Å². The summed E-state index contributed by atoms with van der Waals surface area (Å²) in [5.74, 6) is 0.206. The molecule has 2 N–H and O–H groups in total. The monoisotopic (exact) mass is 427 g/mol. The largest absolute Gasteiger partial charge is 0.507 e. The Morgan fingerprint density at radius 1 is 1.16 bits per heavy atom. The van der Waals surface area contributed by atoms with Gasteiger partial charge in [0.15, 0.2) is 6.17 Å². The molecule has 7 nitrogen and oxygen atoms in total. The van der Waals surface area contributed by atoms with Crippen molar-refractivity contribution in [2.45, 2.75) is 56.2 Å². The number of phenolic OH excluding ortho intramolecular Hbond substituents is 1. The molecule has 0 aliphatic carbocycles. The third kappa shape index (κ3) is 3.33. The van der Waals surface area contributed by atoms with Crippen LogP contribution in [-0.2, 0) is 0 Å². The van der Waals surface area contributed by atoms with Crippen LogP contribution < -0.4 is 10.1 Å². The number of rotatable bonds is 4. The van der Waals surface area contributed by atoms with Crippen molar-refractivity contribution in [3.8, 4) is 28.6 Å². The second-order valence-electron chi connectivity index (χ2n) is 8.81. The van der Waals surface area contributed by atoms with Crippen molar-refractivity contribution in [1.82, 2.24) is 24.8 Å². The number of piperidine rings is 1. The van der Waals surface area contributed by atoms with Gasteiger partial charge in [0.1, 0.15) is 18.0 Å². The SMILES string of the molecule is C[C@]12C[C@@H](Oc3cnc(-c4ccc(-n5ccnc5)cc4O)cn3)[C@H](F)[C@](C)(C[C@@H]1F)N2. The van der Waals surface area contributed by atoms with E-state index in [0.29, 0.717) is 11.3 Å². The highest BCUT2D eigenvalue weighted by Crippen LogP contribution is 2.46. The predicted molar refractivity (Wildman–Crippen MR) is 110 cm³/mol. The van der Waals surface area contributed by atoms with Crippen LogP contribution in [0.4, 0.5) is 8.78 Å². The number of benzene rings is 1. The summed E-state index contributed by atoms with van der Waals surface area (Å²) >= 11 is 0. The van der Waals surface area contributed by atoms with Crippen molar-refractivity contribution in [1.29, 1.82) is 0 Å². The van der Waals surface area contributed by atoms with Gasteiger partial charge in [-0.3, -0.25) is 0 Å². The van der Waals surface area contributed by atoms with Gasteiger partial charge in [0.2, 0.25) is 5.88 Å². The molecule has 0 radical (unpaired) electrons. The van der Waals surface area contributed by atoms with E-state index in [1.165, 1.54) is 12.4 Å². The minimum absolute atomic E-state index is 0.0442. The smallest absolute Gasteiger partial charge is 0.232 e. The summed E-state index contributed by atoms with van der Waals surface area (Å²) in [6.45, 7) is 3.45. The molecule has 3 aromatic rings. The van der Waals surface area contributed by atoms with Crippen LogP contribution in [-0.4, -0.2) is 54.2 Å². The number of nitrogens with one attached hydrogen (secondary N) is 1. The maximum atomic E-state index is 15.1. The molecular formula is C22H23F2N5O2. The summed E-state index contributed by atoms with van der Waals surface area (Å²) < 4.78 is 37.1. The zero-order valence-corrected chi connectivity index (χ0v) is 17.2. The normalized spacial score (nSPS) is 32.2. The van der Waals surface area contributed by atoms with Crippen LogP contribution in [0.3, 0.4) is 0 Å². The van der Waals surface area contributed by atoms with Crippen LogP contribution in [0, 0.1) is 0 Å². The molecule has 0 saturated carbocycles. The molecule has 1 aromatic carbocycles. The average Bonchev–Trinajstić information content (AvgIpc) is 3.33. The number of aromatic nitrogens is 4. The molecule has 2 bridgehead atoms. The fourth-order valence-electron chi connectivity index (χ4n) is 4.75. The quantitative estimate of drug-likeness (QED) is 0.664. The lowest BCUT2D eigenvalue weighted by molar-refractivity contribution is -0.0128. The Morgan fingerprint density at radius 3 is 2.68 bits per heavy atom. The molecule has 2 aliphatic heterocycles. The van der Waals surface area contributed by atoms with Gasteiger partial charge in [-0.25, -0.2) is 23.7 Å². The lowest BCUT2D eigenvalue weighted by Gasteiger charge is -2.43. The first-order chi connectivity index (χ1) is 14.8. The number of ether oxygens (including phenoxy) is 1. The molecule has 0 spiro atoms. The first kappa shape index (κ1) is 19.9. The molecule has 5 atom stereocenters. The first-order valence-electron chi connectivity index (χ1n) is 10.2. The van der Waals surface area contributed by atoms with Crippen LogP contribution in [0.25, 0.3) is 16.9 Å². The Balaban J connectivity index is 1.34. The third-order valence-electron chi connectivity index (χ3n) is 6.39. The number of phenols is 1. The molecule has 0 unspecified atom stereocenters. The Bertz CT molecular complexity index is 1090. The van der Waals surface area contributed by atoms with Crippen molar-refractivity contribution in [2.75, 3.05) is 0 Å². The first-order valence-corrected chi connectivity index (χ1v) is 10.2. The molecule has 0 amide bonds. The summed E-state index contributed by atoms with van der Waals surface area (Å²) in [4.78, 5) is 12.5. The lowest BCUT2D eigenvalue weighted by atomic mass is 9.84. The highest BCUT2D eigenvalue weighted by Gasteiger charge is 2.61. The summed E-state index contributed by atoms with van der Waals surface area (Å²) in [7, 11) is 0. The molecule has 5 rings (SSSR count). The number of hydrogen-bond acceptors (Lipinski definition) is 6. The minimum atomic E-state index is -1.37. The van der Waals surface area contributed by atoms with E-state index in [1.807, 2.05) is 6.07 Å². The zero-order chi connectivity index (χ0) is 21.8. The van der Waals surface area contributed by atoms with E-state index in [4.69, 9.17) is 4.74 Å². The second-order valence-corrected chi connectivity index (χ2v) is 8.81. The minimum Gasteiger partial charge on any atom is -0.507 e. The fraction of sp³-hybridized carbons (Fsp3) is 0.409. The van der Waals surface area contributed by atoms with Crippen molar-refractivity contribution >= 4 is 0 Å². The van der Waals surface area contributed by atoms with Crippen LogP contribution in [0.5, 0.6) is 11.6 Å². The number of halogens is 2. The maximum Gasteiger partial charge on any atom is 0.232 e. The van der Waals surface area contributed by atoms with Gasteiger partial charge in [-0.2, -0.15) is 0 Å². The molecule has 2 aromatic heterocycles. The molecule has 4 heterocycles. The van der Waals surface area contributed by atoms with E-state index in [-0.39, 0.29) is 24.5 Å². The molecule has 162 valence electrons.